The van der Waals surface area contributed by atoms with Crippen molar-refractivity contribution in [3.63, 3.8) is 0 Å². The highest BCUT2D eigenvalue weighted by atomic mass is 16.2. The smallest absolute Gasteiger partial charge is 0.254 e. The van der Waals surface area contributed by atoms with Crippen molar-refractivity contribution in [3.05, 3.63) is 29.3 Å². The fourth-order valence-corrected chi connectivity index (χ4v) is 2.41. The minimum atomic E-state index is -0.271. The number of piperidine rings is 1. The van der Waals surface area contributed by atoms with Crippen molar-refractivity contribution in [2.24, 2.45) is 11.7 Å². The molecule has 0 radical (unpaired) electrons. The van der Waals surface area contributed by atoms with Gasteiger partial charge < -0.3 is 16.4 Å². The number of likely N-dealkylation sites (tertiary alicyclic amines) is 1. The Morgan fingerprint density at radius 1 is 1.26 bits per heavy atom. The van der Waals surface area contributed by atoms with Gasteiger partial charge in [-0.1, -0.05) is 6.07 Å². The van der Waals surface area contributed by atoms with E-state index < -0.39 is 0 Å². The molecule has 0 aliphatic carbocycles. The summed E-state index contributed by atoms with van der Waals surface area (Å²) in [5, 5.41) is 0. The number of carbonyl (C=O) groups is 2. The molecule has 1 fully saturated rings. The third-order valence-electron chi connectivity index (χ3n) is 3.68. The summed E-state index contributed by atoms with van der Waals surface area (Å²) in [4.78, 5) is 25.3. The van der Waals surface area contributed by atoms with Gasteiger partial charge in [0.05, 0.1) is 0 Å². The zero-order chi connectivity index (χ0) is 14.0. The second kappa shape index (κ2) is 5.30. The number of nitrogens with two attached hydrogens (primary N) is 2. The fourth-order valence-electron chi connectivity index (χ4n) is 2.41. The number of amides is 2. The Labute approximate surface area is 112 Å². The maximum atomic E-state index is 12.4. The second-order valence-electron chi connectivity index (χ2n) is 5.04. The summed E-state index contributed by atoms with van der Waals surface area (Å²) in [5.41, 5.74) is 13.1. The molecule has 1 aliphatic rings. The van der Waals surface area contributed by atoms with Crippen LogP contribution in [0.25, 0.3) is 0 Å². The van der Waals surface area contributed by atoms with Gasteiger partial charge in [-0.05, 0) is 37.5 Å². The molecule has 5 heteroatoms. The van der Waals surface area contributed by atoms with Crippen LogP contribution in [-0.4, -0.2) is 29.8 Å². The highest BCUT2D eigenvalue weighted by Gasteiger charge is 2.27. The van der Waals surface area contributed by atoms with E-state index in [1.165, 1.54) is 0 Å². The quantitative estimate of drug-likeness (QED) is 0.775. The van der Waals surface area contributed by atoms with E-state index in [0.717, 1.165) is 5.56 Å². The molecule has 2 rings (SSSR count). The molecule has 0 unspecified atom stereocenters. The number of hydrogen-bond acceptors (Lipinski definition) is 3. The molecule has 0 atom stereocenters. The molecular formula is C14H19N3O2. The summed E-state index contributed by atoms with van der Waals surface area (Å²) >= 11 is 0. The van der Waals surface area contributed by atoms with E-state index in [9.17, 15) is 9.59 Å². The predicted molar refractivity (Wildman–Crippen MR) is 73.4 cm³/mol. The van der Waals surface area contributed by atoms with E-state index in [-0.39, 0.29) is 17.7 Å². The SMILES string of the molecule is Cc1ccc(N)cc1C(=O)N1CCC(C(N)=O)CC1. The number of nitrogens with zero attached hydrogens (tertiary/aromatic N) is 1. The number of hydrogen-bond donors (Lipinski definition) is 2. The lowest BCUT2D eigenvalue weighted by atomic mass is 9.95. The van der Waals surface area contributed by atoms with Crippen LogP contribution in [0.1, 0.15) is 28.8 Å². The average Bonchev–Trinajstić information content (AvgIpc) is 2.41. The lowest BCUT2D eigenvalue weighted by molar-refractivity contribution is -0.123. The van der Waals surface area contributed by atoms with Gasteiger partial charge in [-0.3, -0.25) is 9.59 Å². The normalized spacial score (nSPS) is 16.4. The zero-order valence-corrected chi connectivity index (χ0v) is 11.1. The number of rotatable bonds is 2. The van der Waals surface area contributed by atoms with Gasteiger partial charge in [-0.15, -0.1) is 0 Å². The van der Waals surface area contributed by atoms with Gasteiger partial charge in [-0.25, -0.2) is 0 Å². The number of aryl methyl sites for hydroxylation is 1. The van der Waals surface area contributed by atoms with Gasteiger partial charge in [0.15, 0.2) is 0 Å². The van der Waals surface area contributed by atoms with E-state index in [1.54, 1.807) is 17.0 Å². The summed E-state index contributed by atoms with van der Waals surface area (Å²) in [7, 11) is 0. The van der Waals surface area contributed by atoms with E-state index in [4.69, 9.17) is 11.5 Å². The van der Waals surface area contributed by atoms with E-state index >= 15 is 0 Å². The average molecular weight is 261 g/mol. The third-order valence-corrected chi connectivity index (χ3v) is 3.68. The van der Waals surface area contributed by atoms with Crippen molar-refractivity contribution in [2.75, 3.05) is 18.8 Å². The molecule has 0 spiro atoms. The summed E-state index contributed by atoms with van der Waals surface area (Å²) in [6.07, 6.45) is 1.28. The first kappa shape index (κ1) is 13.4. The number of carbonyl (C=O) groups excluding carboxylic acids is 2. The second-order valence-corrected chi connectivity index (χ2v) is 5.04. The monoisotopic (exact) mass is 261 g/mol. The molecule has 102 valence electrons. The van der Waals surface area contributed by atoms with Crippen molar-refractivity contribution >= 4 is 17.5 Å². The topological polar surface area (TPSA) is 89.4 Å². The standard InChI is InChI=1S/C14H19N3O2/c1-9-2-3-11(15)8-12(9)14(19)17-6-4-10(5-7-17)13(16)18/h2-3,8,10H,4-7,15H2,1H3,(H2,16,18). The minimum Gasteiger partial charge on any atom is -0.399 e. The molecule has 1 aromatic rings. The van der Waals surface area contributed by atoms with Crippen molar-refractivity contribution in [1.82, 2.24) is 4.90 Å². The number of nitrogen functional groups attached to an aromatic ring is 1. The summed E-state index contributed by atoms with van der Waals surface area (Å²) in [5.74, 6) is -0.397. The summed E-state index contributed by atoms with van der Waals surface area (Å²) in [6, 6.07) is 5.34. The Kier molecular flexibility index (Phi) is 3.74. The molecule has 4 N–H and O–H groups in total. The molecule has 1 aliphatic heterocycles. The van der Waals surface area contributed by atoms with Crippen LogP contribution >= 0.6 is 0 Å². The first-order valence-corrected chi connectivity index (χ1v) is 6.43. The zero-order valence-electron chi connectivity index (χ0n) is 11.1. The molecule has 0 aromatic heterocycles. The lowest BCUT2D eigenvalue weighted by Crippen LogP contribution is -2.41. The number of anilines is 1. The van der Waals surface area contributed by atoms with E-state index in [1.807, 2.05) is 13.0 Å². The van der Waals surface area contributed by atoms with Crippen LogP contribution in [-0.2, 0) is 4.79 Å². The van der Waals surface area contributed by atoms with Crippen molar-refractivity contribution in [1.29, 1.82) is 0 Å². The minimum absolute atomic E-state index is 0.0206. The predicted octanol–water partition coefficient (Wildman–Crippen LogP) is 0.915. The molecule has 19 heavy (non-hydrogen) atoms. The van der Waals surface area contributed by atoms with E-state index in [2.05, 4.69) is 0 Å². The van der Waals surface area contributed by atoms with Gasteiger partial charge in [0.2, 0.25) is 5.91 Å². The molecular weight excluding hydrogens is 242 g/mol. The molecule has 1 saturated heterocycles. The molecule has 5 nitrogen and oxygen atoms in total. The highest BCUT2D eigenvalue weighted by Crippen LogP contribution is 2.21. The summed E-state index contributed by atoms with van der Waals surface area (Å²) in [6.45, 7) is 3.03. The largest absolute Gasteiger partial charge is 0.399 e. The molecule has 0 bridgehead atoms. The van der Waals surface area contributed by atoms with Crippen LogP contribution < -0.4 is 11.5 Å². The Morgan fingerprint density at radius 3 is 2.47 bits per heavy atom. The Morgan fingerprint density at radius 2 is 1.89 bits per heavy atom. The first-order chi connectivity index (χ1) is 8.99. The van der Waals surface area contributed by atoms with Crippen LogP contribution in [0.15, 0.2) is 18.2 Å². The van der Waals surface area contributed by atoms with Gasteiger partial charge >= 0.3 is 0 Å². The van der Waals surface area contributed by atoms with Gasteiger partial charge in [0.25, 0.3) is 5.91 Å². The summed E-state index contributed by atoms with van der Waals surface area (Å²) < 4.78 is 0. The molecule has 2 amide bonds. The van der Waals surface area contributed by atoms with Crippen LogP contribution in [0.4, 0.5) is 5.69 Å². The highest BCUT2D eigenvalue weighted by molar-refractivity contribution is 5.96. The Bertz CT molecular complexity index is 505. The van der Waals surface area contributed by atoms with Crippen LogP contribution in [0.3, 0.4) is 0 Å². The van der Waals surface area contributed by atoms with Crippen LogP contribution in [0, 0.1) is 12.8 Å². The molecule has 1 aromatic carbocycles. The third kappa shape index (κ3) is 2.86. The molecule has 1 heterocycles. The van der Waals surface area contributed by atoms with Gasteiger partial charge in [0, 0.05) is 30.3 Å². The fraction of sp³-hybridized carbons (Fsp3) is 0.429. The Balaban J connectivity index is 2.09. The Hall–Kier alpha value is -2.04. The van der Waals surface area contributed by atoms with Gasteiger partial charge in [-0.2, -0.15) is 0 Å². The lowest BCUT2D eigenvalue weighted by Gasteiger charge is -2.31. The maximum Gasteiger partial charge on any atom is 0.254 e. The number of benzene rings is 1. The number of primary amides is 1. The van der Waals surface area contributed by atoms with Gasteiger partial charge in [0.1, 0.15) is 0 Å². The van der Waals surface area contributed by atoms with Crippen LogP contribution in [0.2, 0.25) is 0 Å². The maximum absolute atomic E-state index is 12.4. The first-order valence-electron chi connectivity index (χ1n) is 6.43. The van der Waals surface area contributed by atoms with Crippen molar-refractivity contribution in [2.45, 2.75) is 19.8 Å². The van der Waals surface area contributed by atoms with Crippen LogP contribution in [0.5, 0.6) is 0 Å². The van der Waals surface area contributed by atoms with Crippen molar-refractivity contribution < 1.29 is 9.59 Å². The molecule has 0 saturated carbocycles. The van der Waals surface area contributed by atoms with E-state index in [0.29, 0.717) is 37.2 Å². The van der Waals surface area contributed by atoms with Crippen molar-refractivity contribution in [3.8, 4) is 0 Å².